The van der Waals surface area contributed by atoms with Gasteiger partial charge in [-0.15, -0.1) is 0 Å². The minimum Gasteiger partial charge on any atom is -0.384 e. The molecule has 0 spiro atoms. The molecule has 2 aromatic heterocycles. The van der Waals surface area contributed by atoms with E-state index in [-0.39, 0.29) is 0 Å². The van der Waals surface area contributed by atoms with Gasteiger partial charge in [-0.25, -0.2) is 9.97 Å². The second-order valence-corrected chi connectivity index (χ2v) is 8.08. The molecule has 152 valence electrons. The highest BCUT2D eigenvalue weighted by Gasteiger charge is 2.17. The molecule has 0 bridgehead atoms. The van der Waals surface area contributed by atoms with Gasteiger partial charge in [0.2, 0.25) is 5.95 Å². The fourth-order valence-electron chi connectivity index (χ4n) is 3.66. The van der Waals surface area contributed by atoms with Crippen LogP contribution in [0.25, 0.3) is 10.9 Å². The fraction of sp³-hybridized carbons (Fsp3) is 0.409. The first-order valence-corrected chi connectivity index (χ1v) is 10.5. The molecule has 6 nitrogen and oxygen atoms in total. The summed E-state index contributed by atoms with van der Waals surface area (Å²) in [5, 5.41) is 5.33. The standard InChI is InChI=1S/C22H27ClN6/c1-16-14-18(27-22(26-16)29-12-10-28(2)11-13-29)4-3-8-24-20-7-9-25-21-15-17(23)5-6-19(20)21/h5-7,9,14-15H,3-4,8,10-13H2,1-2H3,(H,24,25). The van der Waals surface area contributed by atoms with Crippen molar-refractivity contribution in [1.82, 2.24) is 19.9 Å². The Labute approximate surface area is 176 Å². The Kier molecular flexibility index (Phi) is 6.11. The Hall–Kier alpha value is -2.44. The highest BCUT2D eigenvalue weighted by molar-refractivity contribution is 6.31. The van der Waals surface area contributed by atoms with E-state index in [2.05, 4.69) is 45.1 Å². The van der Waals surface area contributed by atoms with Gasteiger partial charge in [0.25, 0.3) is 0 Å². The third-order valence-electron chi connectivity index (χ3n) is 5.31. The average molecular weight is 411 g/mol. The van der Waals surface area contributed by atoms with Crippen LogP contribution in [0, 0.1) is 6.92 Å². The van der Waals surface area contributed by atoms with E-state index >= 15 is 0 Å². The SMILES string of the molecule is Cc1cc(CCCNc2ccnc3cc(Cl)ccc23)nc(N2CCN(C)CC2)n1. The number of hydrogen-bond donors (Lipinski definition) is 1. The molecule has 7 heteroatoms. The summed E-state index contributed by atoms with van der Waals surface area (Å²) in [6.45, 7) is 7.01. The molecule has 0 atom stereocenters. The maximum Gasteiger partial charge on any atom is 0.225 e. The highest BCUT2D eigenvalue weighted by atomic mass is 35.5. The van der Waals surface area contributed by atoms with Crippen LogP contribution in [0.15, 0.2) is 36.5 Å². The lowest BCUT2D eigenvalue weighted by Crippen LogP contribution is -2.45. The zero-order valence-corrected chi connectivity index (χ0v) is 17.8. The fourth-order valence-corrected chi connectivity index (χ4v) is 3.83. The number of nitrogens with zero attached hydrogens (tertiary/aromatic N) is 5. The van der Waals surface area contributed by atoms with Crippen LogP contribution < -0.4 is 10.2 Å². The minimum absolute atomic E-state index is 0.706. The van der Waals surface area contributed by atoms with Crippen LogP contribution in [0.5, 0.6) is 0 Å². The van der Waals surface area contributed by atoms with Gasteiger partial charge in [0, 0.05) is 66.4 Å². The summed E-state index contributed by atoms with van der Waals surface area (Å²) in [6.07, 6.45) is 3.74. The second-order valence-electron chi connectivity index (χ2n) is 7.64. The molecular formula is C22H27ClN6. The van der Waals surface area contributed by atoms with Crippen LogP contribution >= 0.6 is 11.6 Å². The number of aromatic nitrogens is 3. The van der Waals surface area contributed by atoms with Crippen LogP contribution in [0.2, 0.25) is 5.02 Å². The number of fused-ring (bicyclic) bond motifs is 1. The van der Waals surface area contributed by atoms with Crippen molar-refractivity contribution in [2.24, 2.45) is 0 Å². The lowest BCUT2D eigenvalue weighted by atomic mass is 10.1. The molecule has 29 heavy (non-hydrogen) atoms. The molecule has 1 saturated heterocycles. The van der Waals surface area contributed by atoms with Crippen LogP contribution in [-0.4, -0.2) is 59.6 Å². The van der Waals surface area contributed by atoms with E-state index in [1.54, 1.807) is 0 Å². The van der Waals surface area contributed by atoms with Gasteiger partial charge in [-0.3, -0.25) is 4.98 Å². The maximum absolute atomic E-state index is 6.08. The molecule has 1 aliphatic rings. The molecular weight excluding hydrogens is 384 g/mol. The summed E-state index contributed by atoms with van der Waals surface area (Å²) in [5.74, 6) is 0.873. The van der Waals surface area contributed by atoms with Crippen molar-refractivity contribution in [2.75, 3.05) is 50.0 Å². The number of hydrogen-bond acceptors (Lipinski definition) is 6. The predicted molar refractivity (Wildman–Crippen MR) is 120 cm³/mol. The first-order chi connectivity index (χ1) is 14.1. The predicted octanol–water partition coefficient (Wildman–Crippen LogP) is 3.78. The summed E-state index contributed by atoms with van der Waals surface area (Å²) >= 11 is 6.08. The van der Waals surface area contributed by atoms with E-state index < -0.39 is 0 Å². The van der Waals surface area contributed by atoms with Crippen molar-refractivity contribution in [3.05, 3.63) is 52.9 Å². The molecule has 1 fully saturated rings. The molecule has 4 rings (SSSR count). The lowest BCUT2D eigenvalue weighted by Gasteiger charge is -2.32. The van der Waals surface area contributed by atoms with Gasteiger partial charge in [0.15, 0.2) is 0 Å². The van der Waals surface area contributed by atoms with Crippen LogP contribution in [-0.2, 0) is 6.42 Å². The molecule has 1 N–H and O–H groups in total. The maximum atomic E-state index is 6.08. The van der Waals surface area contributed by atoms with Gasteiger partial charge in [-0.2, -0.15) is 0 Å². The van der Waals surface area contributed by atoms with Crippen molar-refractivity contribution in [3.63, 3.8) is 0 Å². The van der Waals surface area contributed by atoms with Crippen LogP contribution in [0.1, 0.15) is 17.8 Å². The third-order valence-corrected chi connectivity index (χ3v) is 5.55. The van der Waals surface area contributed by atoms with Gasteiger partial charge < -0.3 is 15.1 Å². The summed E-state index contributed by atoms with van der Waals surface area (Å²) in [5.41, 5.74) is 4.14. The molecule has 0 radical (unpaired) electrons. The summed E-state index contributed by atoms with van der Waals surface area (Å²) in [4.78, 5) is 18.5. The molecule has 0 aliphatic carbocycles. The second kappa shape index (κ2) is 8.93. The van der Waals surface area contributed by atoms with Crippen molar-refractivity contribution in [2.45, 2.75) is 19.8 Å². The van der Waals surface area contributed by atoms with Gasteiger partial charge in [0.05, 0.1) is 5.52 Å². The Morgan fingerprint density at radius 3 is 2.72 bits per heavy atom. The summed E-state index contributed by atoms with van der Waals surface area (Å²) in [6, 6.07) is 9.93. The first kappa shape index (κ1) is 19.9. The van der Waals surface area contributed by atoms with E-state index in [9.17, 15) is 0 Å². The zero-order chi connectivity index (χ0) is 20.2. The highest BCUT2D eigenvalue weighted by Crippen LogP contribution is 2.24. The Balaban J connectivity index is 1.36. The van der Waals surface area contributed by atoms with Crippen LogP contribution in [0.3, 0.4) is 0 Å². The largest absolute Gasteiger partial charge is 0.384 e. The van der Waals surface area contributed by atoms with Crippen molar-refractivity contribution in [3.8, 4) is 0 Å². The topological polar surface area (TPSA) is 57.2 Å². The monoisotopic (exact) mass is 410 g/mol. The molecule has 3 heterocycles. The number of pyridine rings is 1. The third kappa shape index (κ3) is 4.95. The number of nitrogens with one attached hydrogen (secondary N) is 1. The van der Waals surface area contributed by atoms with Gasteiger partial charge in [0.1, 0.15) is 0 Å². The molecule has 1 aromatic carbocycles. The average Bonchev–Trinajstić information content (AvgIpc) is 2.71. The van der Waals surface area contributed by atoms with E-state index in [0.29, 0.717) is 5.02 Å². The van der Waals surface area contributed by atoms with E-state index in [1.807, 2.05) is 30.5 Å². The van der Waals surface area contributed by atoms with Crippen molar-refractivity contribution in [1.29, 1.82) is 0 Å². The molecule has 3 aromatic rings. The summed E-state index contributed by atoms with van der Waals surface area (Å²) in [7, 11) is 2.16. The molecule has 0 saturated carbocycles. The van der Waals surface area contributed by atoms with Gasteiger partial charge in [-0.1, -0.05) is 11.6 Å². The number of piperazine rings is 1. The Bertz CT molecular complexity index is 984. The normalized spacial score (nSPS) is 15.1. The zero-order valence-electron chi connectivity index (χ0n) is 17.0. The lowest BCUT2D eigenvalue weighted by molar-refractivity contribution is 0.311. The smallest absolute Gasteiger partial charge is 0.225 e. The number of rotatable bonds is 6. The molecule has 0 amide bonds. The van der Waals surface area contributed by atoms with Crippen LogP contribution in [0.4, 0.5) is 11.6 Å². The van der Waals surface area contributed by atoms with Crippen molar-refractivity contribution >= 4 is 34.1 Å². The van der Waals surface area contributed by atoms with Gasteiger partial charge in [-0.05, 0) is 57.1 Å². The number of aryl methyl sites for hydroxylation is 2. The van der Waals surface area contributed by atoms with Crippen molar-refractivity contribution < 1.29 is 0 Å². The Morgan fingerprint density at radius 2 is 1.90 bits per heavy atom. The number of likely N-dealkylation sites (N-methyl/N-ethyl adjacent to an activating group) is 1. The quantitative estimate of drug-likeness (QED) is 0.624. The van der Waals surface area contributed by atoms with Gasteiger partial charge >= 0.3 is 0 Å². The molecule has 0 unspecified atom stereocenters. The van der Waals surface area contributed by atoms with E-state index in [4.69, 9.17) is 16.6 Å². The minimum atomic E-state index is 0.706. The number of benzene rings is 1. The molecule has 1 aliphatic heterocycles. The first-order valence-electron chi connectivity index (χ1n) is 10.1. The number of anilines is 2. The Morgan fingerprint density at radius 1 is 1.07 bits per heavy atom. The van der Waals surface area contributed by atoms with E-state index in [0.717, 1.165) is 79.5 Å². The summed E-state index contributed by atoms with van der Waals surface area (Å²) < 4.78 is 0. The van der Waals surface area contributed by atoms with E-state index in [1.165, 1.54) is 0 Å². The number of halogens is 1.